The zero-order chi connectivity index (χ0) is 20.9. The fraction of sp³-hybridized carbons (Fsp3) is 0.261. The number of nitrogens with zero attached hydrogens (tertiary/aromatic N) is 2. The van der Waals surface area contributed by atoms with Crippen LogP contribution >= 0.6 is 0 Å². The highest BCUT2D eigenvalue weighted by Gasteiger charge is 2.20. The quantitative estimate of drug-likeness (QED) is 0.468. The molecule has 1 saturated heterocycles. The molecule has 30 heavy (non-hydrogen) atoms. The summed E-state index contributed by atoms with van der Waals surface area (Å²) in [5.41, 5.74) is 8.84. The summed E-state index contributed by atoms with van der Waals surface area (Å²) in [6.45, 7) is 3.93. The lowest BCUT2D eigenvalue weighted by Crippen LogP contribution is -2.39. The minimum absolute atomic E-state index is 0.255. The van der Waals surface area contributed by atoms with Crippen LogP contribution in [0.1, 0.15) is 29.5 Å². The Morgan fingerprint density at radius 3 is 2.47 bits per heavy atom. The van der Waals surface area contributed by atoms with Crippen molar-refractivity contribution in [3.63, 3.8) is 0 Å². The van der Waals surface area contributed by atoms with Gasteiger partial charge in [0.15, 0.2) is 0 Å². The highest BCUT2D eigenvalue weighted by atomic mass is 16.5. The first-order valence-corrected chi connectivity index (χ1v) is 10.1. The first-order chi connectivity index (χ1) is 14.6. The summed E-state index contributed by atoms with van der Waals surface area (Å²) in [6.07, 6.45) is 3.59. The van der Waals surface area contributed by atoms with E-state index in [4.69, 9.17) is 15.9 Å². The van der Waals surface area contributed by atoms with Gasteiger partial charge in [-0.3, -0.25) is 5.41 Å². The van der Waals surface area contributed by atoms with E-state index < -0.39 is 0 Å². The Morgan fingerprint density at radius 2 is 1.80 bits per heavy atom. The van der Waals surface area contributed by atoms with Crippen molar-refractivity contribution in [3.05, 3.63) is 71.5 Å². The molecule has 1 atom stereocenters. The molecule has 2 aromatic carbocycles. The number of benzene rings is 2. The molecule has 0 amide bonds. The van der Waals surface area contributed by atoms with E-state index in [0.717, 1.165) is 37.2 Å². The van der Waals surface area contributed by atoms with Crippen LogP contribution in [-0.2, 0) is 0 Å². The molecule has 7 heteroatoms. The number of ether oxygens (including phenoxy) is 1. The number of hydrogen-bond donors (Lipinski definition) is 4. The average molecular weight is 403 g/mol. The molecule has 2 heterocycles. The molecular weight excluding hydrogens is 376 g/mol. The van der Waals surface area contributed by atoms with Gasteiger partial charge < -0.3 is 21.1 Å². The number of nitrogen functional groups attached to an aromatic ring is 1. The summed E-state index contributed by atoms with van der Waals surface area (Å²) < 4.78 is 5.88. The Bertz CT molecular complexity index is 1010. The highest BCUT2D eigenvalue weighted by molar-refractivity contribution is 6.16. The van der Waals surface area contributed by atoms with Crippen LogP contribution in [0.25, 0.3) is 0 Å². The molecule has 0 radical (unpaired) electrons. The second kappa shape index (κ2) is 8.92. The van der Waals surface area contributed by atoms with Crippen LogP contribution in [-0.4, -0.2) is 34.8 Å². The van der Waals surface area contributed by atoms with Gasteiger partial charge in [-0.1, -0.05) is 17.7 Å². The smallest absolute Gasteiger partial charge is 0.141 e. The molecule has 5 N–H and O–H groups in total. The van der Waals surface area contributed by atoms with Crippen LogP contribution < -0.4 is 21.1 Å². The minimum atomic E-state index is 0.255. The Labute approximate surface area is 176 Å². The van der Waals surface area contributed by atoms with E-state index in [-0.39, 0.29) is 11.8 Å². The molecule has 0 bridgehead atoms. The van der Waals surface area contributed by atoms with Crippen molar-refractivity contribution in [2.45, 2.75) is 25.8 Å². The maximum atomic E-state index is 8.73. The van der Waals surface area contributed by atoms with Crippen LogP contribution in [0.2, 0.25) is 0 Å². The Morgan fingerprint density at radius 1 is 1.10 bits per heavy atom. The number of nitrogens with one attached hydrogen (secondary N) is 3. The third-order valence-electron chi connectivity index (χ3n) is 5.16. The second-order valence-corrected chi connectivity index (χ2v) is 7.48. The highest BCUT2D eigenvalue weighted by Crippen LogP contribution is 2.26. The molecule has 4 rings (SSSR count). The molecule has 1 aromatic heterocycles. The Kier molecular flexibility index (Phi) is 5.90. The van der Waals surface area contributed by atoms with Crippen molar-refractivity contribution < 1.29 is 4.74 Å². The van der Waals surface area contributed by atoms with Gasteiger partial charge in [-0.2, -0.15) is 0 Å². The molecule has 1 unspecified atom stereocenters. The van der Waals surface area contributed by atoms with Crippen molar-refractivity contribution in [3.8, 4) is 11.5 Å². The summed E-state index contributed by atoms with van der Waals surface area (Å²) in [5, 5.41) is 15.5. The molecule has 0 aliphatic carbocycles. The standard InChI is InChI=1S/C23H26N6O/c1-15-4-8-18(9-5-15)30-19-10-6-16(7-11-19)21(24)20-22(25)27-14-28-23(20)29-17-3-2-12-26-13-17/h4-11,14,17,24,26H,2-3,12-13H2,1H3,(H3,25,27,28,29). The lowest BCUT2D eigenvalue weighted by atomic mass is 10.0. The maximum absolute atomic E-state index is 8.73. The number of rotatable bonds is 6. The van der Waals surface area contributed by atoms with Crippen molar-refractivity contribution in [2.24, 2.45) is 0 Å². The van der Waals surface area contributed by atoms with Gasteiger partial charge in [0.2, 0.25) is 0 Å². The number of anilines is 2. The second-order valence-electron chi connectivity index (χ2n) is 7.48. The van der Waals surface area contributed by atoms with Gasteiger partial charge in [0.1, 0.15) is 29.5 Å². The summed E-state index contributed by atoms with van der Waals surface area (Å²) in [5.74, 6) is 2.37. The van der Waals surface area contributed by atoms with E-state index in [2.05, 4.69) is 20.6 Å². The fourth-order valence-corrected chi connectivity index (χ4v) is 3.50. The average Bonchev–Trinajstić information content (AvgIpc) is 2.76. The SMILES string of the molecule is Cc1ccc(Oc2ccc(C(=N)c3c(N)ncnc3NC3CCCNC3)cc2)cc1. The summed E-state index contributed by atoms with van der Waals surface area (Å²) in [6, 6.07) is 15.5. The van der Waals surface area contributed by atoms with Crippen molar-refractivity contribution >= 4 is 17.3 Å². The van der Waals surface area contributed by atoms with Gasteiger partial charge in [-0.25, -0.2) is 9.97 Å². The molecule has 0 saturated carbocycles. The number of aryl methyl sites for hydroxylation is 1. The molecule has 154 valence electrons. The molecule has 1 aliphatic heterocycles. The van der Waals surface area contributed by atoms with Gasteiger partial charge in [0, 0.05) is 18.2 Å². The largest absolute Gasteiger partial charge is 0.457 e. The molecule has 1 fully saturated rings. The first kappa shape index (κ1) is 19.8. The van der Waals surface area contributed by atoms with Crippen molar-refractivity contribution in [2.75, 3.05) is 24.1 Å². The van der Waals surface area contributed by atoms with Gasteiger partial charge in [-0.05, 0) is 62.7 Å². The van der Waals surface area contributed by atoms with Crippen molar-refractivity contribution in [1.82, 2.24) is 15.3 Å². The van der Waals surface area contributed by atoms with Gasteiger partial charge in [0.25, 0.3) is 0 Å². The lowest BCUT2D eigenvalue weighted by molar-refractivity contribution is 0.479. The predicted molar refractivity (Wildman–Crippen MR) is 120 cm³/mol. The molecule has 1 aliphatic rings. The first-order valence-electron chi connectivity index (χ1n) is 10.1. The molecule has 0 spiro atoms. The molecule has 7 nitrogen and oxygen atoms in total. The molecule has 3 aromatic rings. The monoisotopic (exact) mass is 402 g/mol. The minimum Gasteiger partial charge on any atom is -0.457 e. The third-order valence-corrected chi connectivity index (χ3v) is 5.16. The van der Waals surface area contributed by atoms with Gasteiger partial charge in [0.05, 0.1) is 11.3 Å². The van der Waals surface area contributed by atoms with Crippen LogP contribution in [0.4, 0.5) is 11.6 Å². The van der Waals surface area contributed by atoms with E-state index in [0.29, 0.717) is 22.9 Å². The number of piperidine rings is 1. The Balaban J connectivity index is 1.53. The zero-order valence-corrected chi connectivity index (χ0v) is 17.0. The summed E-state index contributed by atoms with van der Waals surface area (Å²) >= 11 is 0. The van der Waals surface area contributed by atoms with E-state index in [9.17, 15) is 0 Å². The summed E-state index contributed by atoms with van der Waals surface area (Å²) in [7, 11) is 0. The topological polar surface area (TPSA) is 109 Å². The maximum Gasteiger partial charge on any atom is 0.141 e. The normalized spacial score (nSPS) is 16.1. The van der Waals surface area contributed by atoms with Crippen LogP contribution in [0, 0.1) is 12.3 Å². The van der Waals surface area contributed by atoms with Crippen LogP contribution in [0.15, 0.2) is 54.9 Å². The van der Waals surface area contributed by atoms with E-state index in [1.165, 1.54) is 11.9 Å². The van der Waals surface area contributed by atoms with E-state index >= 15 is 0 Å². The third kappa shape index (κ3) is 4.58. The zero-order valence-electron chi connectivity index (χ0n) is 17.0. The Hall–Kier alpha value is -3.45. The lowest BCUT2D eigenvalue weighted by Gasteiger charge is -2.25. The summed E-state index contributed by atoms with van der Waals surface area (Å²) in [4.78, 5) is 8.47. The van der Waals surface area contributed by atoms with Crippen molar-refractivity contribution in [1.29, 1.82) is 5.41 Å². The van der Waals surface area contributed by atoms with Crippen LogP contribution in [0.5, 0.6) is 11.5 Å². The van der Waals surface area contributed by atoms with Gasteiger partial charge in [-0.15, -0.1) is 0 Å². The molecular formula is C23H26N6O. The van der Waals surface area contributed by atoms with E-state index in [1.807, 2.05) is 55.5 Å². The number of aromatic nitrogens is 2. The van der Waals surface area contributed by atoms with Crippen LogP contribution in [0.3, 0.4) is 0 Å². The predicted octanol–water partition coefficient (Wildman–Crippen LogP) is 3.74. The van der Waals surface area contributed by atoms with E-state index in [1.54, 1.807) is 0 Å². The number of nitrogens with two attached hydrogens (primary N) is 1. The number of hydrogen-bond acceptors (Lipinski definition) is 7. The fourth-order valence-electron chi connectivity index (χ4n) is 3.50. The van der Waals surface area contributed by atoms with Gasteiger partial charge >= 0.3 is 0 Å².